The summed E-state index contributed by atoms with van der Waals surface area (Å²) in [6, 6.07) is 17.3. The molecule has 3 aromatic rings. The third-order valence-corrected chi connectivity index (χ3v) is 4.32. The Morgan fingerprint density at radius 2 is 2.00 bits per heavy atom. The van der Waals surface area contributed by atoms with Crippen LogP contribution in [0.1, 0.15) is 25.5 Å². The Morgan fingerprint density at radius 1 is 1.22 bits per heavy atom. The van der Waals surface area contributed by atoms with E-state index in [1.807, 2.05) is 36.5 Å². The number of nitrogens with zero attached hydrogens (tertiary/aromatic N) is 2. The minimum Gasteiger partial charge on any atom is -0.497 e. The van der Waals surface area contributed by atoms with Gasteiger partial charge in [-0.2, -0.15) is 5.26 Å². The standard InChI is InChI=1S/C22H21N3O2/c1-15(2)25-14-17(20-9-4-5-10-21(20)25)11-16(13-23)22(26)24-18-7-6-8-19(12-18)27-3/h4-12,14-15H,1-3H3,(H,24,26). The maximum absolute atomic E-state index is 12.6. The fourth-order valence-electron chi connectivity index (χ4n) is 2.98. The predicted octanol–water partition coefficient (Wildman–Crippen LogP) is 4.78. The van der Waals surface area contributed by atoms with Gasteiger partial charge in [0.05, 0.1) is 7.11 Å². The molecule has 0 saturated heterocycles. The second-order valence-electron chi connectivity index (χ2n) is 6.46. The third-order valence-electron chi connectivity index (χ3n) is 4.32. The summed E-state index contributed by atoms with van der Waals surface area (Å²) in [5, 5.41) is 13.3. The number of rotatable bonds is 5. The number of benzene rings is 2. The Balaban J connectivity index is 1.96. The monoisotopic (exact) mass is 359 g/mol. The summed E-state index contributed by atoms with van der Waals surface area (Å²) >= 11 is 0. The molecule has 0 aliphatic heterocycles. The van der Waals surface area contributed by atoms with Crippen molar-refractivity contribution in [3.05, 3.63) is 65.9 Å². The van der Waals surface area contributed by atoms with Gasteiger partial charge in [-0.1, -0.05) is 24.3 Å². The van der Waals surface area contributed by atoms with Crippen LogP contribution >= 0.6 is 0 Å². The van der Waals surface area contributed by atoms with Gasteiger partial charge in [-0.25, -0.2) is 0 Å². The average Bonchev–Trinajstić information content (AvgIpc) is 3.05. The molecular weight excluding hydrogens is 338 g/mol. The number of carbonyl (C=O) groups excluding carboxylic acids is 1. The molecule has 1 aromatic heterocycles. The Labute approximate surface area is 158 Å². The molecular formula is C22H21N3O2. The zero-order valence-electron chi connectivity index (χ0n) is 15.6. The minimum absolute atomic E-state index is 0.0458. The maximum Gasteiger partial charge on any atom is 0.266 e. The Kier molecular flexibility index (Phi) is 5.28. The fraction of sp³-hybridized carbons (Fsp3) is 0.182. The third kappa shape index (κ3) is 3.85. The van der Waals surface area contributed by atoms with Crippen molar-refractivity contribution in [3.63, 3.8) is 0 Å². The number of para-hydroxylation sites is 1. The Bertz CT molecular complexity index is 1050. The van der Waals surface area contributed by atoms with Gasteiger partial charge in [0, 0.05) is 40.5 Å². The van der Waals surface area contributed by atoms with Crippen LogP contribution in [0.4, 0.5) is 5.69 Å². The van der Waals surface area contributed by atoms with Crippen molar-refractivity contribution >= 4 is 28.6 Å². The van der Waals surface area contributed by atoms with Gasteiger partial charge < -0.3 is 14.6 Å². The van der Waals surface area contributed by atoms with Crippen LogP contribution in [0, 0.1) is 11.3 Å². The largest absolute Gasteiger partial charge is 0.497 e. The van der Waals surface area contributed by atoms with Crippen LogP contribution in [0.3, 0.4) is 0 Å². The Morgan fingerprint density at radius 3 is 2.70 bits per heavy atom. The first-order valence-electron chi connectivity index (χ1n) is 8.70. The molecule has 5 heteroatoms. The lowest BCUT2D eigenvalue weighted by Crippen LogP contribution is -2.13. The van der Waals surface area contributed by atoms with E-state index in [4.69, 9.17) is 4.74 Å². The maximum atomic E-state index is 12.6. The van der Waals surface area contributed by atoms with Gasteiger partial charge in [-0.3, -0.25) is 4.79 Å². The van der Waals surface area contributed by atoms with Crippen molar-refractivity contribution in [1.29, 1.82) is 5.26 Å². The molecule has 1 heterocycles. The van der Waals surface area contributed by atoms with E-state index >= 15 is 0 Å². The number of hydrogen-bond acceptors (Lipinski definition) is 3. The fourth-order valence-corrected chi connectivity index (χ4v) is 2.98. The summed E-state index contributed by atoms with van der Waals surface area (Å²) in [5.41, 5.74) is 2.54. The molecule has 0 saturated carbocycles. The van der Waals surface area contributed by atoms with E-state index in [2.05, 4.69) is 23.7 Å². The van der Waals surface area contributed by atoms with E-state index in [0.29, 0.717) is 11.4 Å². The summed E-state index contributed by atoms with van der Waals surface area (Å²) in [6.07, 6.45) is 3.61. The van der Waals surface area contributed by atoms with Crippen molar-refractivity contribution in [2.75, 3.05) is 12.4 Å². The quantitative estimate of drug-likeness (QED) is 0.527. The number of nitrogens with one attached hydrogen (secondary N) is 1. The van der Waals surface area contributed by atoms with E-state index in [9.17, 15) is 10.1 Å². The van der Waals surface area contributed by atoms with E-state index < -0.39 is 5.91 Å². The van der Waals surface area contributed by atoms with Gasteiger partial charge in [0.2, 0.25) is 0 Å². The predicted molar refractivity (Wildman–Crippen MR) is 108 cm³/mol. The number of methoxy groups -OCH3 is 1. The van der Waals surface area contributed by atoms with Gasteiger partial charge in [0.25, 0.3) is 5.91 Å². The second-order valence-corrected chi connectivity index (χ2v) is 6.46. The number of amides is 1. The zero-order valence-corrected chi connectivity index (χ0v) is 15.6. The van der Waals surface area contributed by atoms with Crippen molar-refractivity contribution in [3.8, 4) is 11.8 Å². The van der Waals surface area contributed by atoms with Crippen molar-refractivity contribution in [2.45, 2.75) is 19.9 Å². The van der Waals surface area contributed by atoms with Crippen LogP contribution in [0.15, 0.2) is 60.3 Å². The second kappa shape index (κ2) is 7.79. The minimum atomic E-state index is -0.452. The van der Waals surface area contributed by atoms with E-state index in [-0.39, 0.29) is 11.6 Å². The first kappa shape index (κ1) is 18.3. The average molecular weight is 359 g/mol. The highest BCUT2D eigenvalue weighted by Gasteiger charge is 2.14. The smallest absolute Gasteiger partial charge is 0.266 e. The topological polar surface area (TPSA) is 67.0 Å². The van der Waals surface area contributed by atoms with Crippen LogP contribution < -0.4 is 10.1 Å². The number of aromatic nitrogens is 1. The molecule has 136 valence electrons. The SMILES string of the molecule is COc1cccc(NC(=O)C(C#N)=Cc2cn(C(C)C)c3ccccc23)c1. The van der Waals surface area contributed by atoms with Gasteiger partial charge in [-0.15, -0.1) is 0 Å². The molecule has 0 atom stereocenters. The number of ether oxygens (including phenoxy) is 1. The molecule has 0 radical (unpaired) electrons. The Hall–Kier alpha value is -3.52. The highest BCUT2D eigenvalue weighted by atomic mass is 16.5. The zero-order chi connectivity index (χ0) is 19.4. The van der Waals surface area contributed by atoms with Crippen LogP contribution in [-0.2, 0) is 4.79 Å². The first-order valence-corrected chi connectivity index (χ1v) is 8.70. The van der Waals surface area contributed by atoms with Crippen molar-refractivity contribution < 1.29 is 9.53 Å². The van der Waals surface area contributed by atoms with Gasteiger partial charge >= 0.3 is 0 Å². The summed E-state index contributed by atoms with van der Waals surface area (Å²) in [7, 11) is 1.56. The molecule has 0 fully saturated rings. The lowest BCUT2D eigenvalue weighted by atomic mass is 10.1. The molecule has 0 aliphatic rings. The van der Waals surface area contributed by atoms with Crippen LogP contribution in [0.2, 0.25) is 0 Å². The lowest BCUT2D eigenvalue weighted by molar-refractivity contribution is -0.112. The molecule has 1 amide bonds. The molecule has 0 spiro atoms. The number of carbonyl (C=O) groups is 1. The van der Waals surface area contributed by atoms with E-state index in [1.165, 1.54) is 0 Å². The summed E-state index contributed by atoms with van der Waals surface area (Å²) in [5.74, 6) is 0.183. The molecule has 5 nitrogen and oxygen atoms in total. The van der Waals surface area contributed by atoms with Crippen molar-refractivity contribution in [1.82, 2.24) is 4.57 Å². The number of nitriles is 1. The highest BCUT2D eigenvalue weighted by Crippen LogP contribution is 2.26. The van der Waals surface area contributed by atoms with Gasteiger partial charge in [-0.05, 0) is 38.1 Å². The molecule has 2 aromatic carbocycles. The van der Waals surface area contributed by atoms with Crippen molar-refractivity contribution in [2.24, 2.45) is 0 Å². The molecule has 0 aliphatic carbocycles. The van der Waals surface area contributed by atoms with Gasteiger partial charge in [0.1, 0.15) is 17.4 Å². The molecule has 0 unspecified atom stereocenters. The molecule has 1 N–H and O–H groups in total. The van der Waals surface area contributed by atoms with E-state index in [0.717, 1.165) is 16.5 Å². The number of hydrogen-bond donors (Lipinski definition) is 1. The van der Waals surface area contributed by atoms with Gasteiger partial charge in [0.15, 0.2) is 0 Å². The molecule has 27 heavy (non-hydrogen) atoms. The van der Waals surface area contributed by atoms with Crippen LogP contribution in [-0.4, -0.2) is 17.6 Å². The van der Waals surface area contributed by atoms with Crippen LogP contribution in [0.25, 0.3) is 17.0 Å². The molecule has 3 rings (SSSR count). The number of anilines is 1. The molecule has 0 bridgehead atoms. The number of fused-ring (bicyclic) bond motifs is 1. The summed E-state index contributed by atoms with van der Waals surface area (Å²) in [4.78, 5) is 12.6. The summed E-state index contributed by atoms with van der Waals surface area (Å²) in [6.45, 7) is 4.20. The first-order chi connectivity index (χ1) is 13.0. The van der Waals surface area contributed by atoms with Crippen LogP contribution in [0.5, 0.6) is 5.75 Å². The summed E-state index contributed by atoms with van der Waals surface area (Å²) < 4.78 is 7.29. The normalized spacial score (nSPS) is 11.4. The lowest BCUT2D eigenvalue weighted by Gasteiger charge is -2.08. The highest BCUT2D eigenvalue weighted by molar-refractivity contribution is 6.10. The van der Waals surface area contributed by atoms with E-state index in [1.54, 1.807) is 37.5 Å².